The van der Waals surface area contributed by atoms with Crippen LogP contribution in [0.4, 0.5) is 0 Å². The molecule has 0 bridgehead atoms. The van der Waals surface area contributed by atoms with Gasteiger partial charge in [0, 0.05) is 31.2 Å². The topological polar surface area (TPSA) is 41.6 Å². The lowest BCUT2D eigenvalue weighted by Gasteiger charge is -2.18. The van der Waals surface area contributed by atoms with Gasteiger partial charge in [-0.15, -0.1) is 0 Å². The van der Waals surface area contributed by atoms with Crippen molar-refractivity contribution < 1.29 is 9.53 Å². The van der Waals surface area contributed by atoms with Crippen molar-refractivity contribution in [2.24, 2.45) is 0 Å². The Labute approximate surface area is 127 Å². The lowest BCUT2D eigenvalue weighted by molar-refractivity contribution is -0.132. The number of nitrogens with one attached hydrogen (secondary N) is 1. The van der Waals surface area contributed by atoms with E-state index in [0.29, 0.717) is 12.1 Å². The Bertz CT molecular complexity index is 496. The molecule has 1 aromatic carbocycles. The summed E-state index contributed by atoms with van der Waals surface area (Å²) in [4.78, 5) is 13.8. The molecule has 1 aliphatic rings. The predicted molar refractivity (Wildman–Crippen MR) is 84.4 cm³/mol. The maximum atomic E-state index is 12.0. The Morgan fingerprint density at radius 1 is 1.43 bits per heavy atom. The van der Waals surface area contributed by atoms with Crippen LogP contribution in [0.2, 0.25) is 0 Å². The van der Waals surface area contributed by atoms with Crippen molar-refractivity contribution in [1.82, 2.24) is 10.2 Å². The molecule has 0 saturated heterocycles. The van der Waals surface area contributed by atoms with E-state index in [2.05, 4.69) is 32.2 Å². The van der Waals surface area contributed by atoms with Crippen molar-refractivity contribution in [3.63, 3.8) is 0 Å². The lowest BCUT2D eigenvalue weighted by Crippen LogP contribution is -2.33. The third-order valence-electron chi connectivity index (χ3n) is 3.76. The largest absolute Gasteiger partial charge is 0.483 e. The molecule has 0 unspecified atom stereocenters. The second-order valence-corrected chi connectivity index (χ2v) is 6.17. The minimum Gasteiger partial charge on any atom is -0.483 e. The van der Waals surface area contributed by atoms with Gasteiger partial charge < -0.3 is 15.0 Å². The summed E-state index contributed by atoms with van der Waals surface area (Å²) in [6.45, 7) is 7.16. The van der Waals surface area contributed by atoms with Crippen LogP contribution >= 0.6 is 0 Å². The van der Waals surface area contributed by atoms with Crippen molar-refractivity contribution in [2.75, 3.05) is 13.7 Å². The van der Waals surface area contributed by atoms with Crippen LogP contribution in [0.3, 0.4) is 0 Å². The highest BCUT2D eigenvalue weighted by molar-refractivity contribution is 5.78. The Morgan fingerprint density at radius 2 is 2.14 bits per heavy atom. The molecule has 116 valence electrons. The van der Waals surface area contributed by atoms with Gasteiger partial charge in [0.1, 0.15) is 5.75 Å². The van der Waals surface area contributed by atoms with E-state index < -0.39 is 0 Å². The highest BCUT2D eigenvalue weighted by Gasteiger charge is 2.29. The maximum absolute atomic E-state index is 12.0. The molecule has 21 heavy (non-hydrogen) atoms. The monoisotopic (exact) mass is 290 g/mol. The molecule has 1 aliphatic carbocycles. The van der Waals surface area contributed by atoms with Gasteiger partial charge in [-0.05, 0) is 25.8 Å². The van der Waals surface area contributed by atoms with Gasteiger partial charge in [-0.3, -0.25) is 4.79 Å². The molecule has 0 heterocycles. The molecule has 2 rings (SSSR count). The zero-order valence-corrected chi connectivity index (χ0v) is 13.5. The van der Waals surface area contributed by atoms with E-state index in [1.54, 1.807) is 4.90 Å². The van der Waals surface area contributed by atoms with Crippen LogP contribution in [0.25, 0.3) is 0 Å². The van der Waals surface area contributed by atoms with E-state index in [9.17, 15) is 4.79 Å². The Morgan fingerprint density at radius 3 is 2.76 bits per heavy atom. The highest BCUT2D eigenvalue weighted by Crippen LogP contribution is 2.26. The molecule has 1 aromatic rings. The number of aryl methyl sites for hydroxylation is 1. The molecule has 0 aromatic heterocycles. The average Bonchev–Trinajstić information content (AvgIpc) is 3.27. The number of rotatable bonds is 7. The Balaban J connectivity index is 1.96. The molecule has 4 nitrogen and oxygen atoms in total. The van der Waals surface area contributed by atoms with Crippen molar-refractivity contribution in [3.8, 4) is 5.75 Å². The van der Waals surface area contributed by atoms with Crippen molar-refractivity contribution in [1.29, 1.82) is 0 Å². The van der Waals surface area contributed by atoms with Crippen LogP contribution in [0.5, 0.6) is 5.75 Å². The SMILES string of the molecule is Cc1ccc(OCC(=O)N(C)C2CC2)c(CNC(C)C)c1. The number of hydrogen-bond donors (Lipinski definition) is 1. The molecular weight excluding hydrogens is 264 g/mol. The molecule has 1 saturated carbocycles. The first-order valence-corrected chi connectivity index (χ1v) is 7.68. The van der Waals surface area contributed by atoms with Gasteiger partial charge >= 0.3 is 0 Å². The average molecular weight is 290 g/mol. The fourth-order valence-corrected chi connectivity index (χ4v) is 2.21. The van der Waals surface area contributed by atoms with Crippen LogP contribution in [0.1, 0.15) is 37.8 Å². The van der Waals surface area contributed by atoms with Gasteiger partial charge in [0.05, 0.1) is 0 Å². The van der Waals surface area contributed by atoms with E-state index in [-0.39, 0.29) is 12.5 Å². The predicted octanol–water partition coefficient (Wildman–Crippen LogP) is 2.49. The summed E-state index contributed by atoms with van der Waals surface area (Å²) in [5, 5.41) is 3.39. The van der Waals surface area contributed by atoms with E-state index in [1.165, 1.54) is 5.56 Å². The molecule has 0 atom stereocenters. The lowest BCUT2D eigenvalue weighted by atomic mass is 10.1. The molecule has 1 N–H and O–H groups in total. The maximum Gasteiger partial charge on any atom is 0.260 e. The van der Waals surface area contributed by atoms with Gasteiger partial charge in [-0.1, -0.05) is 31.5 Å². The van der Waals surface area contributed by atoms with E-state index in [4.69, 9.17) is 4.74 Å². The van der Waals surface area contributed by atoms with Gasteiger partial charge in [0.25, 0.3) is 5.91 Å². The number of hydrogen-bond acceptors (Lipinski definition) is 3. The molecule has 0 spiro atoms. The first-order chi connectivity index (χ1) is 9.97. The van der Waals surface area contributed by atoms with Crippen molar-refractivity contribution in [3.05, 3.63) is 29.3 Å². The van der Waals surface area contributed by atoms with Crippen molar-refractivity contribution >= 4 is 5.91 Å². The molecular formula is C17H26N2O2. The molecule has 0 aliphatic heterocycles. The molecule has 1 amide bonds. The van der Waals surface area contributed by atoms with Gasteiger partial charge in [0.15, 0.2) is 6.61 Å². The van der Waals surface area contributed by atoms with Crippen molar-refractivity contribution in [2.45, 2.75) is 52.2 Å². The van der Waals surface area contributed by atoms with Crippen LogP contribution in [-0.2, 0) is 11.3 Å². The minimum atomic E-state index is 0.0563. The third-order valence-corrected chi connectivity index (χ3v) is 3.76. The summed E-state index contributed by atoms with van der Waals surface area (Å²) >= 11 is 0. The van der Waals surface area contributed by atoms with Gasteiger partial charge in [-0.25, -0.2) is 0 Å². The molecule has 4 heteroatoms. The summed E-state index contributed by atoms with van der Waals surface area (Å²) in [6, 6.07) is 6.93. The van der Waals surface area contributed by atoms with Crippen LogP contribution in [-0.4, -0.2) is 36.5 Å². The van der Waals surface area contributed by atoms with Gasteiger partial charge in [0.2, 0.25) is 0 Å². The van der Waals surface area contributed by atoms with Crippen LogP contribution < -0.4 is 10.1 Å². The quantitative estimate of drug-likeness (QED) is 0.839. The second kappa shape index (κ2) is 6.94. The zero-order valence-electron chi connectivity index (χ0n) is 13.5. The van der Waals surface area contributed by atoms with E-state index in [1.807, 2.05) is 19.2 Å². The third kappa shape index (κ3) is 4.74. The number of ether oxygens (including phenoxy) is 1. The number of nitrogens with zero attached hydrogens (tertiary/aromatic N) is 1. The fourth-order valence-electron chi connectivity index (χ4n) is 2.21. The second-order valence-electron chi connectivity index (χ2n) is 6.17. The Hall–Kier alpha value is -1.55. The van der Waals surface area contributed by atoms with E-state index in [0.717, 1.165) is 30.7 Å². The van der Waals surface area contributed by atoms with Gasteiger partial charge in [-0.2, -0.15) is 0 Å². The summed E-state index contributed by atoms with van der Waals surface area (Å²) < 4.78 is 5.75. The standard InChI is InChI=1S/C17H26N2O2/c1-12(2)18-10-14-9-13(3)5-8-16(14)21-11-17(20)19(4)15-6-7-15/h5,8-9,12,15,18H,6-7,10-11H2,1-4H3. The summed E-state index contributed by atoms with van der Waals surface area (Å²) in [5.74, 6) is 0.854. The zero-order chi connectivity index (χ0) is 15.4. The van der Waals surface area contributed by atoms with Crippen LogP contribution in [0.15, 0.2) is 18.2 Å². The highest BCUT2D eigenvalue weighted by atomic mass is 16.5. The Kier molecular flexibility index (Phi) is 5.23. The first-order valence-electron chi connectivity index (χ1n) is 7.68. The summed E-state index contributed by atoms with van der Waals surface area (Å²) in [5.41, 5.74) is 2.30. The molecule has 0 radical (unpaired) electrons. The first kappa shape index (κ1) is 15.8. The minimum absolute atomic E-state index is 0.0563. The number of amides is 1. The number of likely N-dealkylation sites (N-methyl/N-ethyl adjacent to an activating group) is 1. The number of benzene rings is 1. The number of carbonyl (C=O) groups is 1. The number of carbonyl (C=O) groups excluding carboxylic acids is 1. The summed E-state index contributed by atoms with van der Waals surface area (Å²) in [7, 11) is 1.86. The molecule has 1 fully saturated rings. The smallest absolute Gasteiger partial charge is 0.260 e. The van der Waals surface area contributed by atoms with E-state index >= 15 is 0 Å². The fraction of sp³-hybridized carbons (Fsp3) is 0.588. The normalized spacial score (nSPS) is 14.3. The summed E-state index contributed by atoms with van der Waals surface area (Å²) in [6.07, 6.45) is 2.24. The van der Waals surface area contributed by atoms with Crippen LogP contribution in [0, 0.1) is 6.92 Å².